The average Bonchev–Trinajstić information content (AvgIpc) is 2.25. The minimum absolute atomic E-state index is 0. The first-order valence-corrected chi connectivity index (χ1v) is 7.15. The first kappa shape index (κ1) is 15.8. The lowest BCUT2D eigenvalue weighted by atomic mass is 9.83. The van der Waals surface area contributed by atoms with Crippen molar-refractivity contribution in [2.24, 2.45) is 23.7 Å². The van der Waals surface area contributed by atoms with Crippen LogP contribution in [0.4, 0.5) is 0 Å². The van der Waals surface area contributed by atoms with Gasteiger partial charge < -0.3 is 10.6 Å². The molecule has 1 atom stereocenters. The van der Waals surface area contributed by atoms with Crippen LogP contribution in [0.15, 0.2) is 0 Å². The van der Waals surface area contributed by atoms with Gasteiger partial charge in [0.1, 0.15) is 0 Å². The number of hydrogen-bond donors (Lipinski definition) is 2. The van der Waals surface area contributed by atoms with E-state index in [1.54, 1.807) is 0 Å². The van der Waals surface area contributed by atoms with Gasteiger partial charge in [-0.3, -0.25) is 4.79 Å². The van der Waals surface area contributed by atoms with Crippen molar-refractivity contribution in [2.45, 2.75) is 39.5 Å². The van der Waals surface area contributed by atoms with E-state index >= 15 is 0 Å². The summed E-state index contributed by atoms with van der Waals surface area (Å²) in [5.74, 6) is 2.61. The van der Waals surface area contributed by atoms with Gasteiger partial charge in [0.15, 0.2) is 0 Å². The van der Waals surface area contributed by atoms with E-state index in [1.165, 1.54) is 25.7 Å². The first-order valence-electron chi connectivity index (χ1n) is 7.15. The number of hydrogen-bond acceptors (Lipinski definition) is 2. The highest BCUT2D eigenvalue weighted by Crippen LogP contribution is 2.27. The smallest absolute Gasteiger partial charge is 0.223 e. The third-order valence-electron chi connectivity index (χ3n) is 4.63. The van der Waals surface area contributed by atoms with Crippen molar-refractivity contribution in [2.75, 3.05) is 19.6 Å². The van der Waals surface area contributed by atoms with Crippen molar-refractivity contribution in [1.82, 2.24) is 10.6 Å². The lowest BCUT2D eigenvalue weighted by Gasteiger charge is -2.32. The van der Waals surface area contributed by atoms with Crippen molar-refractivity contribution in [3.63, 3.8) is 0 Å². The summed E-state index contributed by atoms with van der Waals surface area (Å²) in [4.78, 5) is 11.9. The van der Waals surface area contributed by atoms with Gasteiger partial charge in [-0.25, -0.2) is 0 Å². The van der Waals surface area contributed by atoms with E-state index in [0.717, 1.165) is 31.5 Å². The van der Waals surface area contributed by atoms with E-state index in [4.69, 9.17) is 0 Å². The SMILES string of the molecule is CC1CCC(CNC(=O)C(C)C2CNC2)CC1.Cl. The molecule has 0 radical (unpaired) electrons. The van der Waals surface area contributed by atoms with Gasteiger partial charge in [0.2, 0.25) is 5.91 Å². The molecule has 0 aromatic heterocycles. The van der Waals surface area contributed by atoms with Gasteiger partial charge in [-0.15, -0.1) is 12.4 Å². The van der Waals surface area contributed by atoms with Gasteiger partial charge in [0.05, 0.1) is 0 Å². The molecule has 1 aliphatic heterocycles. The number of amides is 1. The van der Waals surface area contributed by atoms with E-state index in [2.05, 4.69) is 24.5 Å². The molecule has 2 aliphatic rings. The fourth-order valence-corrected chi connectivity index (χ4v) is 2.82. The van der Waals surface area contributed by atoms with Crippen LogP contribution in [0.2, 0.25) is 0 Å². The maximum absolute atomic E-state index is 11.9. The second-order valence-electron chi connectivity index (χ2n) is 6.08. The Labute approximate surface area is 117 Å². The van der Waals surface area contributed by atoms with Gasteiger partial charge >= 0.3 is 0 Å². The number of carbonyl (C=O) groups is 1. The third-order valence-corrected chi connectivity index (χ3v) is 4.63. The summed E-state index contributed by atoms with van der Waals surface area (Å²) >= 11 is 0. The van der Waals surface area contributed by atoms with Crippen LogP contribution < -0.4 is 10.6 Å². The van der Waals surface area contributed by atoms with Crippen LogP contribution in [0.25, 0.3) is 0 Å². The maximum atomic E-state index is 11.9. The summed E-state index contributed by atoms with van der Waals surface area (Å²) in [5, 5.41) is 6.38. The van der Waals surface area contributed by atoms with Gasteiger partial charge in [0.25, 0.3) is 0 Å². The van der Waals surface area contributed by atoms with Gasteiger partial charge in [-0.2, -0.15) is 0 Å². The summed E-state index contributed by atoms with van der Waals surface area (Å²) < 4.78 is 0. The Morgan fingerprint density at radius 2 is 1.89 bits per heavy atom. The van der Waals surface area contributed by atoms with Crippen LogP contribution in [-0.4, -0.2) is 25.5 Å². The summed E-state index contributed by atoms with van der Waals surface area (Å²) in [5.41, 5.74) is 0. The van der Waals surface area contributed by atoms with Crippen LogP contribution in [0.5, 0.6) is 0 Å². The molecule has 1 aliphatic carbocycles. The lowest BCUT2D eigenvalue weighted by molar-refractivity contribution is -0.126. The average molecular weight is 275 g/mol. The molecule has 2 N–H and O–H groups in total. The maximum Gasteiger partial charge on any atom is 0.223 e. The van der Waals surface area contributed by atoms with Crippen LogP contribution in [-0.2, 0) is 4.79 Å². The predicted octanol–water partition coefficient (Wildman–Crippen LogP) is 2.21. The molecule has 2 rings (SSSR count). The molecule has 0 bridgehead atoms. The zero-order chi connectivity index (χ0) is 12.3. The van der Waals surface area contributed by atoms with E-state index in [-0.39, 0.29) is 24.2 Å². The van der Waals surface area contributed by atoms with Crippen molar-refractivity contribution in [3.8, 4) is 0 Å². The highest BCUT2D eigenvalue weighted by Gasteiger charge is 2.29. The largest absolute Gasteiger partial charge is 0.356 e. The Balaban J connectivity index is 0.00000162. The van der Waals surface area contributed by atoms with Crippen LogP contribution in [0.3, 0.4) is 0 Å². The molecule has 0 aromatic rings. The first-order chi connectivity index (χ1) is 8.16. The molecule has 18 heavy (non-hydrogen) atoms. The molecule has 1 heterocycles. The molecule has 1 saturated carbocycles. The van der Waals surface area contributed by atoms with E-state index in [0.29, 0.717) is 5.92 Å². The predicted molar refractivity (Wildman–Crippen MR) is 76.9 cm³/mol. The molecule has 106 valence electrons. The normalized spacial score (nSPS) is 29.9. The minimum Gasteiger partial charge on any atom is -0.356 e. The molecule has 3 nitrogen and oxygen atoms in total. The molecule has 2 fully saturated rings. The zero-order valence-electron chi connectivity index (χ0n) is 11.6. The molecular formula is C14H27ClN2O. The highest BCUT2D eigenvalue weighted by molar-refractivity contribution is 5.85. The van der Waals surface area contributed by atoms with E-state index in [9.17, 15) is 4.79 Å². The molecule has 1 saturated heterocycles. The summed E-state index contributed by atoms with van der Waals surface area (Å²) in [6.45, 7) is 7.31. The summed E-state index contributed by atoms with van der Waals surface area (Å²) in [6, 6.07) is 0. The number of carbonyl (C=O) groups excluding carboxylic acids is 1. The number of rotatable bonds is 4. The van der Waals surface area contributed by atoms with Crippen LogP contribution in [0.1, 0.15) is 39.5 Å². The van der Waals surface area contributed by atoms with E-state index in [1.807, 2.05) is 0 Å². The third kappa shape index (κ3) is 4.13. The van der Waals surface area contributed by atoms with Crippen LogP contribution >= 0.6 is 12.4 Å². The summed E-state index contributed by atoms with van der Waals surface area (Å²) in [7, 11) is 0. The minimum atomic E-state index is 0. The van der Waals surface area contributed by atoms with Crippen LogP contribution in [0, 0.1) is 23.7 Å². The van der Waals surface area contributed by atoms with Crippen molar-refractivity contribution in [1.29, 1.82) is 0 Å². The Morgan fingerprint density at radius 3 is 2.39 bits per heavy atom. The standard InChI is InChI=1S/C14H26N2O.ClH/c1-10-3-5-12(6-4-10)7-16-14(17)11(2)13-8-15-9-13;/h10-13,15H,3-9H2,1-2H3,(H,16,17);1H. The second-order valence-corrected chi connectivity index (χ2v) is 6.08. The van der Waals surface area contributed by atoms with Crippen molar-refractivity contribution >= 4 is 18.3 Å². The molecule has 4 heteroatoms. The zero-order valence-corrected chi connectivity index (χ0v) is 12.4. The van der Waals surface area contributed by atoms with Gasteiger partial charge in [-0.05, 0) is 43.7 Å². The molecule has 0 spiro atoms. The fraction of sp³-hybridized carbons (Fsp3) is 0.929. The Bertz CT molecular complexity index is 261. The number of halogens is 1. The summed E-state index contributed by atoms with van der Waals surface area (Å²) in [6.07, 6.45) is 5.26. The molecule has 1 unspecified atom stereocenters. The van der Waals surface area contributed by atoms with E-state index < -0.39 is 0 Å². The monoisotopic (exact) mass is 274 g/mol. The Kier molecular flexibility index (Phi) is 6.44. The second kappa shape index (κ2) is 7.34. The number of nitrogens with one attached hydrogen (secondary N) is 2. The van der Waals surface area contributed by atoms with Crippen molar-refractivity contribution < 1.29 is 4.79 Å². The topological polar surface area (TPSA) is 41.1 Å². The molecular weight excluding hydrogens is 248 g/mol. The Hall–Kier alpha value is -0.280. The highest BCUT2D eigenvalue weighted by atomic mass is 35.5. The van der Waals surface area contributed by atoms with Gasteiger partial charge in [-0.1, -0.05) is 26.7 Å². The Morgan fingerprint density at radius 1 is 1.28 bits per heavy atom. The molecule has 1 amide bonds. The fourth-order valence-electron chi connectivity index (χ4n) is 2.82. The quantitative estimate of drug-likeness (QED) is 0.825. The molecule has 0 aromatic carbocycles. The van der Waals surface area contributed by atoms with Crippen molar-refractivity contribution in [3.05, 3.63) is 0 Å². The van der Waals surface area contributed by atoms with Gasteiger partial charge in [0, 0.05) is 12.5 Å². The lowest BCUT2D eigenvalue weighted by Crippen LogP contribution is -2.50.